The summed E-state index contributed by atoms with van der Waals surface area (Å²) in [5.74, 6) is -0.980. The Kier molecular flexibility index (Phi) is 5.18. The molecule has 9 nitrogen and oxygen atoms in total. The van der Waals surface area contributed by atoms with Crippen LogP contribution in [-0.2, 0) is 22.4 Å². The van der Waals surface area contributed by atoms with Gasteiger partial charge >= 0.3 is 0 Å². The Morgan fingerprint density at radius 3 is 2.45 bits per heavy atom. The highest BCUT2D eigenvalue weighted by atomic mass is 16.8. The Morgan fingerprint density at radius 1 is 1.06 bits per heavy atom. The summed E-state index contributed by atoms with van der Waals surface area (Å²) in [7, 11) is 2.92. The van der Waals surface area contributed by atoms with Crippen LogP contribution < -0.4 is 5.23 Å². The maximum Gasteiger partial charge on any atom is 0.276 e. The lowest BCUT2D eigenvalue weighted by Gasteiger charge is -2.47. The molecule has 1 aliphatic rings. The number of hydrogen-bond acceptors (Lipinski definition) is 6. The Hall–Kier alpha value is -3.40. The summed E-state index contributed by atoms with van der Waals surface area (Å²) >= 11 is 0. The predicted molar refractivity (Wildman–Crippen MR) is 112 cm³/mol. The van der Waals surface area contributed by atoms with Gasteiger partial charge in [0.05, 0.1) is 0 Å². The fourth-order valence-corrected chi connectivity index (χ4v) is 4.21. The molecule has 31 heavy (non-hydrogen) atoms. The first kappa shape index (κ1) is 20.9. The third-order valence-electron chi connectivity index (χ3n) is 5.99. The topological polar surface area (TPSA) is 120 Å². The molecule has 2 amide bonds. The first-order valence-corrected chi connectivity index (χ1v) is 9.82. The predicted octanol–water partition coefficient (Wildman–Crippen LogP) is 1.53. The molecule has 2 heterocycles. The van der Waals surface area contributed by atoms with E-state index in [4.69, 9.17) is 0 Å². The summed E-state index contributed by atoms with van der Waals surface area (Å²) in [5, 5.41) is 30.9. The van der Waals surface area contributed by atoms with Crippen molar-refractivity contribution < 1.29 is 25.1 Å². The summed E-state index contributed by atoms with van der Waals surface area (Å²) in [6, 6.07) is 13.1. The lowest BCUT2D eigenvalue weighted by molar-refractivity contribution is -0.194. The molecular formula is C22H24N4O5. The molecular weight excluding hydrogens is 400 g/mol. The molecule has 2 atom stereocenters. The zero-order valence-electron chi connectivity index (χ0n) is 17.2. The summed E-state index contributed by atoms with van der Waals surface area (Å²) < 4.78 is 0. The lowest BCUT2D eigenvalue weighted by Crippen LogP contribution is -2.70. The third-order valence-corrected chi connectivity index (χ3v) is 5.99. The highest BCUT2D eigenvalue weighted by Crippen LogP contribution is 2.32. The SMILES string of the molecule is CN1C(=O)[C@](O)(Cc2ccccc2)N(C)C(=O)[C@@H]1Cc1c[nH]c2cccc(N(O)O)c12. The van der Waals surface area contributed by atoms with Crippen molar-refractivity contribution in [3.8, 4) is 0 Å². The van der Waals surface area contributed by atoms with E-state index in [2.05, 4.69) is 4.98 Å². The van der Waals surface area contributed by atoms with Crippen molar-refractivity contribution in [3.05, 3.63) is 65.9 Å². The van der Waals surface area contributed by atoms with E-state index in [0.29, 0.717) is 16.5 Å². The molecule has 4 N–H and O–H groups in total. The first-order valence-electron chi connectivity index (χ1n) is 9.82. The number of rotatable bonds is 5. The van der Waals surface area contributed by atoms with E-state index in [9.17, 15) is 25.1 Å². The molecule has 0 radical (unpaired) electrons. The van der Waals surface area contributed by atoms with Crippen molar-refractivity contribution in [1.82, 2.24) is 14.8 Å². The number of aliphatic hydroxyl groups is 1. The molecule has 9 heteroatoms. The second-order valence-electron chi connectivity index (χ2n) is 7.82. The molecule has 1 aliphatic heterocycles. The largest absolute Gasteiger partial charge is 0.363 e. The highest BCUT2D eigenvalue weighted by molar-refractivity contribution is 6.00. The van der Waals surface area contributed by atoms with E-state index in [0.717, 1.165) is 10.5 Å². The number of fused-ring (bicyclic) bond motifs is 1. The average Bonchev–Trinajstić information content (AvgIpc) is 3.18. The highest BCUT2D eigenvalue weighted by Gasteiger charge is 2.52. The van der Waals surface area contributed by atoms with Crippen LogP contribution in [0.3, 0.4) is 0 Å². The van der Waals surface area contributed by atoms with Crippen LogP contribution in [0.1, 0.15) is 11.1 Å². The number of aromatic nitrogens is 1. The number of amides is 2. The van der Waals surface area contributed by atoms with Gasteiger partial charge in [-0.2, -0.15) is 0 Å². The molecule has 1 fully saturated rings. The normalized spacial score (nSPS) is 21.8. The number of likely N-dealkylation sites (N-methyl/N-ethyl adjacent to an activating group) is 2. The van der Waals surface area contributed by atoms with Crippen molar-refractivity contribution in [2.24, 2.45) is 0 Å². The van der Waals surface area contributed by atoms with Crippen LogP contribution >= 0.6 is 0 Å². The van der Waals surface area contributed by atoms with Crippen molar-refractivity contribution >= 4 is 28.4 Å². The summed E-state index contributed by atoms with van der Waals surface area (Å²) in [4.78, 5) is 31.8. The zero-order valence-corrected chi connectivity index (χ0v) is 17.2. The number of carbonyl (C=O) groups is 2. The average molecular weight is 424 g/mol. The van der Waals surface area contributed by atoms with Crippen LogP contribution in [0.15, 0.2) is 54.7 Å². The van der Waals surface area contributed by atoms with E-state index in [1.165, 1.54) is 25.1 Å². The summed E-state index contributed by atoms with van der Waals surface area (Å²) in [6.45, 7) is 0. The number of carbonyl (C=O) groups excluding carboxylic acids is 2. The Morgan fingerprint density at radius 2 is 1.77 bits per heavy atom. The van der Waals surface area contributed by atoms with Crippen LogP contribution in [0.5, 0.6) is 0 Å². The van der Waals surface area contributed by atoms with Crippen molar-refractivity contribution in [2.45, 2.75) is 24.6 Å². The standard InChI is InChI=1S/C22H24N4O5/c1-24-18(11-15-13-23-16-9-6-10-17(19(15)16)26(30)31)20(27)25(2)22(29,21(24)28)12-14-7-4-3-5-8-14/h3-10,13,18,23,29-31H,11-12H2,1-2H3/t18-,22+/m0/s1. The molecule has 2 aromatic carbocycles. The van der Waals surface area contributed by atoms with Crippen LogP contribution in [0.2, 0.25) is 0 Å². The number of piperazine rings is 1. The molecule has 0 aliphatic carbocycles. The third kappa shape index (κ3) is 3.42. The maximum absolute atomic E-state index is 13.2. The molecule has 0 spiro atoms. The number of nitrogens with one attached hydrogen (secondary N) is 1. The molecule has 3 aromatic rings. The smallest absolute Gasteiger partial charge is 0.276 e. The number of nitrogens with zero attached hydrogens (tertiary/aromatic N) is 3. The fourth-order valence-electron chi connectivity index (χ4n) is 4.21. The summed E-state index contributed by atoms with van der Waals surface area (Å²) in [6.07, 6.45) is 1.79. The van der Waals surface area contributed by atoms with Crippen molar-refractivity contribution in [3.63, 3.8) is 0 Å². The summed E-state index contributed by atoms with van der Waals surface area (Å²) in [5.41, 5.74) is 0.199. The van der Waals surface area contributed by atoms with E-state index in [1.54, 1.807) is 42.6 Å². The second kappa shape index (κ2) is 7.69. The number of hydrogen-bond donors (Lipinski definition) is 4. The first-order chi connectivity index (χ1) is 14.7. The van der Waals surface area contributed by atoms with Crippen LogP contribution in [0, 0.1) is 0 Å². The number of H-pyrrole nitrogens is 1. The Bertz CT molecular complexity index is 1130. The quantitative estimate of drug-likeness (QED) is 0.461. The van der Waals surface area contributed by atoms with Crippen LogP contribution in [0.25, 0.3) is 10.9 Å². The minimum atomic E-state index is -1.98. The van der Waals surface area contributed by atoms with Crippen molar-refractivity contribution in [1.29, 1.82) is 0 Å². The number of aromatic amines is 1. The van der Waals surface area contributed by atoms with Gasteiger partial charge in [0.15, 0.2) is 0 Å². The van der Waals surface area contributed by atoms with Crippen LogP contribution in [0.4, 0.5) is 5.69 Å². The van der Waals surface area contributed by atoms with Gasteiger partial charge in [-0.3, -0.25) is 20.0 Å². The molecule has 162 valence electrons. The molecule has 1 saturated heterocycles. The minimum absolute atomic E-state index is 0.0206. The molecule has 4 rings (SSSR count). The number of anilines is 1. The van der Waals surface area contributed by atoms with Gasteiger partial charge in [-0.15, -0.1) is 5.23 Å². The number of benzene rings is 2. The minimum Gasteiger partial charge on any atom is -0.363 e. The monoisotopic (exact) mass is 424 g/mol. The van der Waals surface area contributed by atoms with Crippen molar-refractivity contribution in [2.75, 3.05) is 19.3 Å². The van der Waals surface area contributed by atoms with Gasteiger partial charge in [-0.05, 0) is 23.3 Å². The maximum atomic E-state index is 13.2. The molecule has 0 saturated carbocycles. The van der Waals surface area contributed by atoms with Gasteiger partial charge in [-0.1, -0.05) is 36.4 Å². The molecule has 0 unspecified atom stereocenters. The van der Waals surface area contributed by atoms with Crippen LogP contribution in [-0.4, -0.2) is 68.0 Å². The van der Waals surface area contributed by atoms with Gasteiger partial charge in [0, 0.05) is 44.0 Å². The zero-order chi connectivity index (χ0) is 22.3. The van der Waals surface area contributed by atoms with Gasteiger partial charge in [-0.25, -0.2) is 0 Å². The van der Waals surface area contributed by atoms with Gasteiger partial charge < -0.3 is 19.9 Å². The van der Waals surface area contributed by atoms with E-state index < -0.39 is 23.6 Å². The molecule has 1 aromatic heterocycles. The Labute approximate surface area is 178 Å². The van der Waals surface area contributed by atoms with Gasteiger partial charge in [0.2, 0.25) is 11.6 Å². The van der Waals surface area contributed by atoms with Gasteiger partial charge in [0.25, 0.3) is 5.91 Å². The van der Waals surface area contributed by atoms with Gasteiger partial charge in [0.1, 0.15) is 11.7 Å². The second-order valence-corrected chi connectivity index (χ2v) is 7.82. The fraction of sp³-hybridized carbons (Fsp3) is 0.273. The molecule has 0 bridgehead atoms. The van der Waals surface area contributed by atoms with E-state index in [1.807, 2.05) is 6.07 Å². The van der Waals surface area contributed by atoms with E-state index >= 15 is 0 Å². The lowest BCUT2D eigenvalue weighted by atomic mass is 9.92. The van der Waals surface area contributed by atoms with E-state index in [-0.39, 0.29) is 23.8 Å². The Balaban J connectivity index is 1.66.